The predicted octanol–water partition coefficient (Wildman–Crippen LogP) is 3.09. The summed E-state index contributed by atoms with van der Waals surface area (Å²) in [7, 11) is 0. The highest BCUT2D eigenvalue weighted by Crippen LogP contribution is 2.29. The van der Waals surface area contributed by atoms with Gasteiger partial charge in [-0.3, -0.25) is 14.3 Å². The van der Waals surface area contributed by atoms with E-state index in [2.05, 4.69) is 20.2 Å². The van der Waals surface area contributed by atoms with Crippen molar-refractivity contribution in [1.29, 1.82) is 0 Å². The second-order valence-corrected chi connectivity index (χ2v) is 6.83. The van der Waals surface area contributed by atoms with Crippen molar-refractivity contribution in [2.45, 2.75) is 26.1 Å². The van der Waals surface area contributed by atoms with E-state index in [1.807, 2.05) is 19.1 Å². The second-order valence-electron chi connectivity index (χ2n) is 6.04. The van der Waals surface area contributed by atoms with Crippen LogP contribution in [0.1, 0.15) is 23.1 Å². The third-order valence-corrected chi connectivity index (χ3v) is 5.20. The topological polar surface area (TPSA) is 76.8 Å². The summed E-state index contributed by atoms with van der Waals surface area (Å²) >= 11 is 12.4. The minimum absolute atomic E-state index is 0.0727. The van der Waals surface area contributed by atoms with Gasteiger partial charge in [0.25, 0.3) is 5.91 Å². The van der Waals surface area contributed by atoms with Crippen molar-refractivity contribution >= 4 is 29.1 Å². The number of hydrogen-bond acceptors (Lipinski definition) is 5. The molecule has 3 heterocycles. The van der Waals surface area contributed by atoms with Crippen molar-refractivity contribution in [3.8, 4) is 11.5 Å². The van der Waals surface area contributed by atoms with Gasteiger partial charge in [-0.1, -0.05) is 35.3 Å². The normalized spacial score (nSPS) is 16.7. The molecule has 9 heteroatoms. The van der Waals surface area contributed by atoms with E-state index in [1.165, 1.54) is 0 Å². The summed E-state index contributed by atoms with van der Waals surface area (Å²) in [4.78, 5) is 23.0. The third kappa shape index (κ3) is 2.83. The molecule has 3 aromatic rings. The van der Waals surface area contributed by atoms with Crippen molar-refractivity contribution < 1.29 is 4.79 Å². The Kier molecular flexibility index (Phi) is 4.34. The van der Waals surface area contributed by atoms with Gasteiger partial charge in [0.2, 0.25) is 5.82 Å². The van der Waals surface area contributed by atoms with E-state index < -0.39 is 0 Å². The minimum Gasteiger partial charge on any atom is -0.327 e. The Labute approximate surface area is 159 Å². The number of benzene rings is 1. The molecule has 0 radical (unpaired) electrons. The summed E-state index contributed by atoms with van der Waals surface area (Å²) in [5.41, 5.74) is 1.37. The predicted molar refractivity (Wildman–Crippen MR) is 96.8 cm³/mol. The number of carbonyl (C=O) groups excluding carboxylic acids is 1. The molecule has 0 saturated carbocycles. The first kappa shape index (κ1) is 16.9. The molecular weight excluding hydrogens is 375 g/mol. The number of nitrogens with zero attached hydrogens (tertiary/aromatic N) is 6. The maximum Gasteiger partial charge on any atom is 0.292 e. The van der Waals surface area contributed by atoms with Crippen molar-refractivity contribution in [3.05, 3.63) is 58.2 Å². The van der Waals surface area contributed by atoms with Gasteiger partial charge < -0.3 is 4.90 Å². The fourth-order valence-corrected chi connectivity index (χ4v) is 3.39. The fraction of sp³-hybridized carbons (Fsp3) is 0.235. The van der Waals surface area contributed by atoms with Crippen LogP contribution < -0.4 is 0 Å². The van der Waals surface area contributed by atoms with E-state index in [1.54, 1.807) is 34.1 Å². The number of fused-ring (bicyclic) bond motifs is 1. The highest BCUT2D eigenvalue weighted by Gasteiger charge is 2.34. The van der Waals surface area contributed by atoms with Gasteiger partial charge in [-0.15, -0.1) is 10.2 Å². The smallest absolute Gasteiger partial charge is 0.292 e. The van der Waals surface area contributed by atoms with Gasteiger partial charge in [-0.25, -0.2) is 4.98 Å². The zero-order valence-corrected chi connectivity index (χ0v) is 15.3. The van der Waals surface area contributed by atoms with Crippen molar-refractivity contribution in [2.75, 3.05) is 0 Å². The van der Waals surface area contributed by atoms with Gasteiger partial charge >= 0.3 is 0 Å². The molecule has 0 bridgehead atoms. The molecule has 1 atom stereocenters. The van der Waals surface area contributed by atoms with Gasteiger partial charge in [0.05, 0.1) is 16.2 Å². The van der Waals surface area contributed by atoms with Crippen molar-refractivity contribution in [1.82, 2.24) is 29.6 Å². The average Bonchev–Trinajstić information content (AvgIpc) is 3.06. The molecule has 2 aromatic heterocycles. The maximum atomic E-state index is 13.0. The van der Waals surface area contributed by atoms with Crippen LogP contribution in [-0.2, 0) is 13.1 Å². The lowest BCUT2D eigenvalue weighted by Gasteiger charge is -2.34. The second kappa shape index (κ2) is 6.66. The number of aromatic nitrogens is 5. The number of amides is 1. The van der Waals surface area contributed by atoms with Crippen molar-refractivity contribution in [3.63, 3.8) is 0 Å². The first-order valence-electron chi connectivity index (χ1n) is 7.99. The SMILES string of the molecule is C[C@H]1Cn2c(nnc2-c2cnccn2)C(=O)N1Cc1cccc(Cl)c1Cl. The first-order valence-corrected chi connectivity index (χ1v) is 8.75. The monoisotopic (exact) mass is 388 g/mol. The van der Waals surface area contributed by atoms with Crippen LogP contribution in [0.3, 0.4) is 0 Å². The standard InChI is InChI=1S/C17H14Cl2N6O/c1-10-8-25-15(13-7-20-5-6-21-13)22-23-16(25)17(26)24(10)9-11-3-2-4-12(18)14(11)19/h2-7,10H,8-9H2,1H3/t10-/m0/s1. The molecule has 26 heavy (non-hydrogen) atoms. The van der Waals surface area contributed by atoms with Gasteiger partial charge in [0.15, 0.2) is 5.82 Å². The number of rotatable bonds is 3. The molecule has 132 valence electrons. The summed E-state index contributed by atoms with van der Waals surface area (Å²) in [6.07, 6.45) is 4.77. The van der Waals surface area contributed by atoms with Crippen LogP contribution in [-0.4, -0.2) is 41.6 Å². The highest BCUT2D eigenvalue weighted by atomic mass is 35.5. The molecule has 0 unspecified atom stereocenters. The molecule has 0 saturated heterocycles. The number of carbonyl (C=O) groups is 1. The van der Waals surface area contributed by atoms with Gasteiger partial charge in [-0.2, -0.15) is 0 Å². The third-order valence-electron chi connectivity index (χ3n) is 4.35. The molecule has 1 aromatic carbocycles. The van der Waals surface area contributed by atoms with Crippen LogP contribution >= 0.6 is 23.2 Å². The Bertz CT molecular complexity index is 975. The lowest BCUT2D eigenvalue weighted by Crippen LogP contribution is -2.46. The maximum absolute atomic E-state index is 13.0. The van der Waals surface area contributed by atoms with E-state index >= 15 is 0 Å². The fourth-order valence-electron chi connectivity index (χ4n) is 3.01. The van der Waals surface area contributed by atoms with Crippen LogP contribution in [0.2, 0.25) is 10.0 Å². The van der Waals surface area contributed by atoms with Crippen LogP contribution in [0.25, 0.3) is 11.5 Å². The lowest BCUT2D eigenvalue weighted by molar-refractivity contribution is 0.0588. The highest BCUT2D eigenvalue weighted by molar-refractivity contribution is 6.42. The number of halogens is 2. The van der Waals surface area contributed by atoms with Crippen LogP contribution in [0.15, 0.2) is 36.8 Å². The molecule has 1 aliphatic rings. The molecule has 1 amide bonds. The van der Waals surface area contributed by atoms with E-state index in [0.29, 0.717) is 34.7 Å². The lowest BCUT2D eigenvalue weighted by atomic mass is 10.1. The molecule has 4 rings (SSSR count). The average molecular weight is 389 g/mol. The Morgan fingerprint density at radius 1 is 1.19 bits per heavy atom. The summed E-state index contributed by atoms with van der Waals surface area (Å²) in [6.45, 7) is 2.88. The van der Waals surface area contributed by atoms with Crippen LogP contribution in [0, 0.1) is 0 Å². The van der Waals surface area contributed by atoms with E-state index in [-0.39, 0.29) is 17.8 Å². The van der Waals surface area contributed by atoms with Crippen LogP contribution in [0.5, 0.6) is 0 Å². The largest absolute Gasteiger partial charge is 0.327 e. The van der Waals surface area contributed by atoms with E-state index in [0.717, 1.165) is 5.56 Å². The molecule has 0 fully saturated rings. The molecule has 1 aliphatic heterocycles. The summed E-state index contributed by atoms with van der Waals surface area (Å²) in [5.74, 6) is 0.609. The molecule has 0 N–H and O–H groups in total. The Balaban J connectivity index is 1.67. The summed E-state index contributed by atoms with van der Waals surface area (Å²) in [6, 6.07) is 5.32. The quantitative estimate of drug-likeness (QED) is 0.688. The molecule has 0 spiro atoms. The van der Waals surface area contributed by atoms with Crippen LogP contribution in [0.4, 0.5) is 0 Å². The van der Waals surface area contributed by atoms with E-state index in [4.69, 9.17) is 23.2 Å². The van der Waals surface area contributed by atoms with Gasteiger partial charge in [-0.05, 0) is 18.6 Å². The summed E-state index contributed by atoms with van der Waals surface area (Å²) < 4.78 is 1.78. The minimum atomic E-state index is -0.206. The van der Waals surface area contributed by atoms with Crippen molar-refractivity contribution in [2.24, 2.45) is 0 Å². The Morgan fingerprint density at radius 2 is 2.00 bits per heavy atom. The zero-order valence-electron chi connectivity index (χ0n) is 13.8. The Morgan fingerprint density at radius 3 is 2.77 bits per heavy atom. The Hall–Kier alpha value is -2.51. The molecule has 7 nitrogen and oxygen atoms in total. The summed E-state index contributed by atoms with van der Waals surface area (Å²) in [5, 5.41) is 9.14. The van der Waals surface area contributed by atoms with Gasteiger partial charge in [0.1, 0.15) is 5.69 Å². The van der Waals surface area contributed by atoms with Gasteiger partial charge in [0, 0.05) is 31.5 Å². The van der Waals surface area contributed by atoms with E-state index in [9.17, 15) is 4.79 Å². The molecule has 0 aliphatic carbocycles. The number of hydrogen-bond donors (Lipinski definition) is 0. The zero-order chi connectivity index (χ0) is 18.3. The first-order chi connectivity index (χ1) is 12.6. The molecular formula is C17H14Cl2N6O.